The van der Waals surface area contributed by atoms with Gasteiger partial charge in [0.15, 0.2) is 0 Å². The van der Waals surface area contributed by atoms with E-state index >= 15 is 0 Å². The molecule has 3 N–H and O–H groups in total. The zero-order valence-electron chi connectivity index (χ0n) is 26.7. The van der Waals surface area contributed by atoms with Crippen LogP contribution < -0.4 is 10.6 Å². The van der Waals surface area contributed by atoms with E-state index in [9.17, 15) is 14.4 Å². The summed E-state index contributed by atoms with van der Waals surface area (Å²) in [6, 6.07) is 13.6. The van der Waals surface area contributed by atoms with Crippen LogP contribution in [0.2, 0.25) is 0 Å². The van der Waals surface area contributed by atoms with Gasteiger partial charge in [-0.15, -0.1) is 0 Å². The van der Waals surface area contributed by atoms with Gasteiger partial charge in [-0.05, 0) is 59.9 Å². The van der Waals surface area contributed by atoms with E-state index in [1.807, 2.05) is 36.5 Å². The fourth-order valence-corrected chi connectivity index (χ4v) is 7.26. The molecular weight excluding hydrogens is 550 g/mol. The molecule has 0 bridgehead atoms. The number of hydrogen-bond donors (Lipinski definition) is 3. The van der Waals surface area contributed by atoms with Gasteiger partial charge in [0.05, 0.1) is 13.1 Å². The summed E-state index contributed by atoms with van der Waals surface area (Å²) >= 11 is 0. The molecule has 2 aliphatic rings. The predicted molar refractivity (Wildman–Crippen MR) is 175 cm³/mol. The van der Waals surface area contributed by atoms with Crippen molar-refractivity contribution in [1.82, 2.24) is 25.4 Å². The standard InChI is InChI=1S/C36H49N5O3/c1-4-27-16-15-26(19-28(27)5-2)23-41(25(3)42)36(44)33(20-30-21-38-32-14-10-9-13-31(30)32)39-35(43)24-40-18-17-37-22-34(40)29-11-7-6-8-12-29/h9-10,13-16,19,21,29,33-34,37-38H,4-8,11-12,17-18,20,22-24H2,1-3H3,(H,39,43). The Morgan fingerprint density at radius 3 is 2.52 bits per heavy atom. The molecule has 2 unspecified atom stereocenters. The minimum Gasteiger partial charge on any atom is -0.361 e. The Labute approximate surface area is 262 Å². The molecule has 2 heterocycles. The maximum absolute atomic E-state index is 14.2. The van der Waals surface area contributed by atoms with Gasteiger partial charge < -0.3 is 15.6 Å². The first-order valence-electron chi connectivity index (χ1n) is 16.6. The Bertz CT molecular complexity index is 1440. The average Bonchev–Trinajstić information content (AvgIpc) is 3.46. The van der Waals surface area contributed by atoms with Crippen LogP contribution in [-0.2, 0) is 40.2 Å². The van der Waals surface area contributed by atoms with Gasteiger partial charge in [0.25, 0.3) is 5.91 Å². The van der Waals surface area contributed by atoms with E-state index in [1.54, 1.807) is 0 Å². The third kappa shape index (κ3) is 7.59. The minimum atomic E-state index is -0.873. The van der Waals surface area contributed by atoms with Crippen molar-refractivity contribution < 1.29 is 14.4 Å². The quantitative estimate of drug-likeness (QED) is 0.296. The lowest BCUT2D eigenvalue weighted by Crippen LogP contribution is -2.58. The fourth-order valence-electron chi connectivity index (χ4n) is 7.26. The molecule has 2 aromatic carbocycles. The number of H-pyrrole nitrogens is 1. The summed E-state index contributed by atoms with van der Waals surface area (Å²) in [5.74, 6) is -0.286. The number of imide groups is 1. The molecular formula is C36H49N5O3. The Morgan fingerprint density at radius 1 is 1.00 bits per heavy atom. The maximum Gasteiger partial charge on any atom is 0.252 e. The fraction of sp³-hybridized carbons (Fsp3) is 0.528. The summed E-state index contributed by atoms with van der Waals surface area (Å²) in [5.41, 5.74) is 5.33. The second-order valence-corrected chi connectivity index (χ2v) is 12.6. The van der Waals surface area contributed by atoms with Gasteiger partial charge in [-0.2, -0.15) is 0 Å². The zero-order valence-corrected chi connectivity index (χ0v) is 26.7. The number of aryl methyl sites for hydroxylation is 2. The van der Waals surface area contributed by atoms with Gasteiger partial charge in [-0.1, -0.05) is 69.5 Å². The second-order valence-electron chi connectivity index (χ2n) is 12.6. The number of rotatable bonds is 11. The SMILES string of the molecule is CCc1ccc(CN(C(C)=O)C(=O)C(Cc2c[nH]c3ccccc23)NC(=O)CN2CCNCC2C2CCCCC2)cc1CC. The summed E-state index contributed by atoms with van der Waals surface area (Å²) in [6.45, 7) is 8.66. The number of fused-ring (bicyclic) bond motifs is 1. The average molecular weight is 600 g/mol. The summed E-state index contributed by atoms with van der Waals surface area (Å²) in [4.78, 5) is 47.8. The van der Waals surface area contributed by atoms with Crippen LogP contribution >= 0.6 is 0 Å². The molecule has 1 aromatic heterocycles. The Morgan fingerprint density at radius 2 is 1.77 bits per heavy atom. The van der Waals surface area contributed by atoms with Crippen LogP contribution in [0.25, 0.3) is 10.9 Å². The van der Waals surface area contributed by atoms with Crippen LogP contribution in [0, 0.1) is 5.92 Å². The van der Waals surface area contributed by atoms with Crippen molar-refractivity contribution in [3.63, 3.8) is 0 Å². The number of aromatic nitrogens is 1. The second kappa shape index (κ2) is 15.0. The summed E-state index contributed by atoms with van der Waals surface area (Å²) in [6.07, 6.45) is 10.2. The monoisotopic (exact) mass is 599 g/mol. The molecule has 0 radical (unpaired) electrons. The van der Waals surface area contributed by atoms with Crippen molar-refractivity contribution in [2.75, 3.05) is 26.2 Å². The van der Waals surface area contributed by atoms with E-state index in [2.05, 4.69) is 46.5 Å². The van der Waals surface area contributed by atoms with Gasteiger partial charge in [-0.25, -0.2) is 0 Å². The lowest BCUT2D eigenvalue weighted by Gasteiger charge is -2.42. The maximum atomic E-state index is 14.2. The molecule has 2 atom stereocenters. The van der Waals surface area contributed by atoms with Gasteiger partial charge in [0.1, 0.15) is 6.04 Å². The van der Waals surface area contributed by atoms with Gasteiger partial charge in [0.2, 0.25) is 11.8 Å². The third-order valence-electron chi connectivity index (χ3n) is 9.69. The minimum absolute atomic E-state index is 0.171. The van der Waals surface area contributed by atoms with Crippen molar-refractivity contribution in [3.8, 4) is 0 Å². The molecule has 5 rings (SSSR count). The largest absolute Gasteiger partial charge is 0.361 e. The smallest absolute Gasteiger partial charge is 0.252 e. The number of carbonyl (C=O) groups is 3. The van der Waals surface area contributed by atoms with Crippen LogP contribution in [0.15, 0.2) is 48.7 Å². The Kier molecular flexibility index (Phi) is 10.9. The van der Waals surface area contributed by atoms with Crippen LogP contribution in [0.4, 0.5) is 0 Å². The molecule has 8 heteroatoms. The van der Waals surface area contributed by atoms with E-state index in [4.69, 9.17) is 0 Å². The van der Waals surface area contributed by atoms with E-state index < -0.39 is 6.04 Å². The van der Waals surface area contributed by atoms with E-state index in [0.29, 0.717) is 18.4 Å². The molecule has 44 heavy (non-hydrogen) atoms. The molecule has 0 spiro atoms. The third-order valence-corrected chi connectivity index (χ3v) is 9.69. The number of piperazine rings is 1. The van der Waals surface area contributed by atoms with Gasteiger partial charge in [0, 0.05) is 56.1 Å². The highest BCUT2D eigenvalue weighted by Crippen LogP contribution is 2.29. The van der Waals surface area contributed by atoms with Crippen molar-refractivity contribution >= 4 is 28.6 Å². The lowest BCUT2D eigenvalue weighted by atomic mass is 9.82. The molecule has 236 valence electrons. The number of nitrogens with zero attached hydrogens (tertiary/aromatic N) is 2. The normalized spacial score (nSPS) is 18.7. The van der Waals surface area contributed by atoms with Crippen molar-refractivity contribution in [1.29, 1.82) is 0 Å². The number of carbonyl (C=O) groups excluding carboxylic acids is 3. The van der Waals surface area contributed by atoms with Gasteiger partial charge >= 0.3 is 0 Å². The first-order chi connectivity index (χ1) is 21.4. The molecule has 1 aliphatic heterocycles. The van der Waals surface area contributed by atoms with Gasteiger partial charge in [-0.3, -0.25) is 24.2 Å². The summed E-state index contributed by atoms with van der Waals surface area (Å²) in [7, 11) is 0. The highest BCUT2D eigenvalue weighted by atomic mass is 16.2. The van der Waals surface area contributed by atoms with Crippen LogP contribution in [0.3, 0.4) is 0 Å². The highest BCUT2D eigenvalue weighted by molar-refractivity contribution is 5.99. The van der Waals surface area contributed by atoms with Crippen LogP contribution in [0.5, 0.6) is 0 Å². The van der Waals surface area contributed by atoms with E-state index in [1.165, 1.54) is 55.1 Å². The summed E-state index contributed by atoms with van der Waals surface area (Å²) in [5, 5.41) is 7.64. The molecule has 3 amide bonds. The molecule has 1 aliphatic carbocycles. The highest BCUT2D eigenvalue weighted by Gasteiger charge is 2.34. The van der Waals surface area contributed by atoms with E-state index in [-0.39, 0.29) is 30.8 Å². The lowest BCUT2D eigenvalue weighted by molar-refractivity contribution is -0.147. The van der Waals surface area contributed by atoms with Crippen LogP contribution in [-0.4, -0.2) is 70.8 Å². The Balaban J connectivity index is 1.37. The number of hydrogen-bond acceptors (Lipinski definition) is 5. The predicted octanol–water partition coefficient (Wildman–Crippen LogP) is 4.75. The number of benzene rings is 2. The molecule has 1 saturated heterocycles. The van der Waals surface area contributed by atoms with Crippen molar-refractivity contribution in [3.05, 3.63) is 70.9 Å². The Hall–Kier alpha value is -3.49. The number of para-hydroxylation sites is 1. The first kappa shape index (κ1) is 31.9. The molecule has 1 saturated carbocycles. The molecule has 3 aromatic rings. The zero-order chi connectivity index (χ0) is 31.1. The van der Waals surface area contributed by atoms with Crippen LogP contribution in [0.1, 0.15) is 75.1 Å². The van der Waals surface area contributed by atoms with Crippen molar-refractivity contribution in [2.45, 2.75) is 90.8 Å². The first-order valence-corrected chi connectivity index (χ1v) is 16.6. The summed E-state index contributed by atoms with van der Waals surface area (Å²) < 4.78 is 0. The topological polar surface area (TPSA) is 97.5 Å². The van der Waals surface area contributed by atoms with Crippen molar-refractivity contribution in [2.24, 2.45) is 5.92 Å². The number of amides is 3. The molecule has 8 nitrogen and oxygen atoms in total. The number of nitrogens with one attached hydrogen (secondary N) is 3. The number of aromatic amines is 1. The molecule has 2 fully saturated rings. The van der Waals surface area contributed by atoms with E-state index in [0.717, 1.165) is 54.5 Å².